The number of hydrogen-bond acceptors (Lipinski definition) is 4. The highest BCUT2D eigenvalue weighted by Crippen LogP contribution is 2.30. The number of nitrogens with two attached hydrogens (primary N) is 2. The third-order valence-corrected chi connectivity index (χ3v) is 6.04. The predicted octanol–water partition coefficient (Wildman–Crippen LogP) is 1.53. The lowest BCUT2D eigenvalue weighted by Gasteiger charge is -2.37. The minimum Gasteiger partial charge on any atom is -0.368 e. The third-order valence-electron chi connectivity index (χ3n) is 4.84. The molecule has 1 aromatic carbocycles. The van der Waals surface area contributed by atoms with E-state index < -0.39 is 11.4 Å². The minimum atomic E-state index is -0.971. The van der Waals surface area contributed by atoms with Crippen LogP contribution >= 0.6 is 11.8 Å². The summed E-state index contributed by atoms with van der Waals surface area (Å²) < 4.78 is 0. The number of fused-ring (bicyclic) bond motifs is 1. The quantitative estimate of drug-likeness (QED) is 0.859. The molecule has 2 amide bonds. The Morgan fingerprint density at radius 3 is 2.61 bits per heavy atom. The zero-order chi connectivity index (χ0) is 16.4. The van der Waals surface area contributed by atoms with Gasteiger partial charge in [-0.25, -0.2) is 0 Å². The number of carbonyl (C=O) groups excluding carboxylic acids is 2. The number of benzene rings is 1. The molecule has 6 heteroatoms. The van der Waals surface area contributed by atoms with Crippen molar-refractivity contribution in [3.8, 4) is 0 Å². The molecular formula is C17H23N3O2S. The van der Waals surface area contributed by atoms with Crippen molar-refractivity contribution in [2.75, 3.05) is 18.8 Å². The van der Waals surface area contributed by atoms with Crippen molar-refractivity contribution in [2.45, 2.75) is 42.5 Å². The van der Waals surface area contributed by atoms with E-state index in [9.17, 15) is 9.59 Å². The van der Waals surface area contributed by atoms with Gasteiger partial charge in [-0.05, 0) is 61.6 Å². The second-order valence-corrected chi connectivity index (χ2v) is 7.58. The van der Waals surface area contributed by atoms with Gasteiger partial charge in [-0.3, -0.25) is 9.59 Å². The van der Waals surface area contributed by atoms with Gasteiger partial charge in [0.15, 0.2) is 0 Å². The minimum absolute atomic E-state index is 0.0218. The molecular weight excluding hydrogens is 310 g/mol. The van der Waals surface area contributed by atoms with Crippen molar-refractivity contribution in [3.05, 3.63) is 29.3 Å². The van der Waals surface area contributed by atoms with Crippen molar-refractivity contribution in [2.24, 2.45) is 11.5 Å². The molecule has 4 N–H and O–H groups in total. The zero-order valence-electron chi connectivity index (χ0n) is 13.2. The molecule has 3 rings (SSSR count). The summed E-state index contributed by atoms with van der Waals surface area (Å²) >= 11 is 1.88. The number of aryl methyl sites for hydroxylation is 1. The van der Waals surface area contributed by atoms with E-state index in [-0.39, 0.29) is 5.91 Å². The van der Waals surface area contributed by atoms with Crippen LogP contribution in [0.15, 0.2) is 23.1 Å². The summed E-state index contributed by atoms with van der Waals surface area (Å²) in [4.78, 5) is 27.2. The Bertz CT molecular complexity index is 624. The number of nitrogens with zero attached hydrogens (tertiary/aromatic N) is 1. The molecule has 0 radical (unpaired) electrons. The number of hydrogen-bond donors (Lipinski definition) is 2. The van der Waals surface area contributed by atoms with E-state index >= 15 is 0 Å². The van der Waals surface area contributed by atoms with Crippen LogP contribution in [0.4, 0.5) is 0 Å². The van der Waals surface area contributed by atoms with Gasteiger partial charge in [-0.2, -0.15) is 0 Å². The first kappa shape index (κ1) is 16.3. The molecule has 23 heavy (non-hydrogen) atoms. The maximum atomic E-state index is 12.7. The SMILES string of the molecule is NC(=O)C1(N)CCN(C(=O)c2ccc3c(c2)CCCCS3)CC1. The van der Waals surface area contributed by atoms with Crippen molar-refractivity contribution in [1.82, 2.24) is 4.90 Å². The number of amides is 2. The molecule has 1 saturated heterocycles. The van der Waals surface area contributed by atoms with E-state index in [1.165, 1.54) is 23.3 Å². The lowest BCUT2D eigenvalue weighted by molar-refractivity contribution is -0.124. The van der Waals surface area contributed by atoms with Crippen molar-refractivity contribution >= 4 is 23.6 Å². The van der Waals surface area contributed by atoms with Crippen molar-refractivity contribution < 1.29 is 9.59 Å². The predicted molar refractivity (Wildman–Crippen MR) is 91.4 cm³/mol. The van der Waals surface area contributed by atoms with Crippen LogP contribution in [0.25, 0.3) is 0 Å². The molecule has 1 fully saturated rings. The fraction of sp³-hybridized carbons (Fsp3) is 0.529. The molecule has 0 saturated carbocycles. The summed E-state index contributed by atoms with van der Waals surface area (Å²) in [5.74, 6) is 0.693. The van der Waals surface area contributed by atoms with Crippen LogP contribution in [0.1, 0.15) is 41.6 Å². The zero-order valence-corrected chi connectivity index (χ0v) is 14.0. The Kier molecular flexibility index (Phi) is 4.64. The number of primary amides is 1. The average molecular weight is 333 g/mol. The molecule has 1 aromatic rings. The summed E-state index contributed by atoms with van der Waals surface area (Å²) in [6, 6.07) is 6.02. The maximum absolute atomic E-state index is 12.7. The first-order valence-electron chi connectivity index (χ1n) is 8.13. The Morgan fingerprint density at radius 2 is 1.91 bits per heavy atom. The summed E-state index contributed by atoms with van der Waals surface area (Å²) in [5, 5.41) is 0. The molecule has 0 unspecified atom stereocenters. The summed E-state index contributed by atoms with van der Waals surface area (Å²) in [7, 11) is 0. The highest BCUT2D eigenvalue weighted by molar-refractivity contribution is 7.99. The molecule has 0 aromatic heterocycles. The van der Waals surface area contributed by atoms with Crippen LogP contribution in [0.3, 0.4) is 0 Å². The number of rotatable bonds is 2. The van der Waals surface area contributed by atoms with Gasteiger partial charge in [-0.1, -0.05) is 0 Å². The van der Waals surface area contributed by atoms with Crippen molar-refractivity contribution in [3.63, 3.8) is 0 Å². The Hall–Kier alpha value is -1.53. The average Bonchev–Trinajstić information content (AvgIpc) is 2.79. The van der Waals surface area contributed by atoms with Gasteiger partial charge in [-0.15, -0.1) is 11.8 Å². The Balaban J connectivity index is 1.72. The fourth-order valence-electron chi connectivity index (χ4n) is 3.19. The number of likely N-dealkylation sites (tertiary alicyclic amines) is 1. The molecule has 2 aliphatic rings. The normalized spacial score (nSPS) is 20.5. The van der Waals surface area contributed by atoms with Crippen LogP contribution in [-0.2, 0) is 11.2 Å². The summed E-state index contributed by atoms with van der Waals surface area (Å²) in [6.07, 6.45) is 4.29. The van der Waals surface area contributed by atoms with E-state index in [2.05, 4.69) is 6.07 Å². The van der Waals surface area contributed by atoms with Gasteiger partial charge < -0.3 is 16.4 Å². The molecule has 0 aliphatic carbocycles. The van der Waals surface area contributed by atoms with Crippen LogP contribution < -0.4 is 11.5 Å². The molecule has 0 bridgehead atoms. The maximum Gasteiger partial charge on any atom is 0.253 e. The highest BCUT2D eigenvalue weighted by atomic mass is 32.2. The van der Waals surface area contributed by atoms with Crippen LogP contribution in [0.5, 0.6) is 0 Å². The van der Waals surface area contributed by atoms with Crippen LogP contribution in [0.2, 0.25) is 0 Å². The van der Waals surface area contributed by atoms with Gasteiger partial charge in [0.25, 0.3) is 5.91 Å². The number of thioether (sulfide) groups is 1. The monoisotopic (exact) mass is 333 g/mol. The van der Waals surface area contributed by atoms with Crippen LogP contribution in [0, 0.1) is 0 Å². The smallest absolute Gasteiger partial charge is 0.253 e. The highest BCUT2D eigenvalue weighted by Gasteiger charge is 2.37. The van der Waals surface area contributed by atoms with Gasteiger partial charge in [0.05, 0.1) is 5.54 Å². The molecule has 5 nitrogen and oxygen atoms in total. The number of piperidine rings is 1. The summed E-state index contributed by atoms with van der Waals surface area (Å²) in [5.41, 5.74) is 12.4. The largest absolute Gasteiger partial charge is 0.368 e. The lowest BCUT2D eigenvalue weighted by atomic mass is 9.87. The standard InChI is InChI=1S/C17H23N3O2S/c18-16(22)17(19)6-8-20(9-7-17)15(21)13-4-5-14-12(11-13)3-1-2-10-23-14/h4-5,11H,1-3,6-10,19H2,(H2,18,22). The van der Waals surface area contributed by atoms with E-state index in [4.69, 9.17) is 11.5 Å². The number of carbonyl (C=O) groups is 2. The first-order chi connectivity index (χ1) is 11.0. The second-order valence-electron chi connectivity index (χ2n) is 6.44. The molecule has 2 heterocycles. The van der Waals surface area contributed by atoms with Crippen molar-refractivity contribution in [1.29, 1.82) is 0 Å². The second kappa shape index (κ2) is 6.53. The van der Waals surface area contributed by atoms with Gasteiger partial charge in [0.1, 0.15) is 0 Å². The fourth-order valence-corrected chi connectivity index (χ4v) is 4.27. The topological polar surface area (TPSA) is 89.4 Å². The first-order valence-corrected chi connectivity index (χ1v) is 9.12. The summed E-state index contributed by atoms with van der Waals surface area (Å²) in [6.45, 7) is 0.953. The van der Waals surface area contributed by atoms with E-state index in [0.29, 0.717) is 25.9 Å². The van der Waals surface area contributed by atoms with E-state index in [1.54, 1.807) is 4.90 Å². The van der Waals surface area contributed by atoms with E-state index in [1.807, 2.05) is 23.9 Å². The molecule has 0 atom stereocenters. The Morgan fingerprint density at radius 1 is 1.17 bits per heavy atom. The van der Waals surface area contributed by atoms with Gasteiger partial charge >= 0.3 is 0 Å². The third kappa shape index (κ3) is 3.38. The van der Waals surface area contributed by atoms with Crippen LogP contribution in [-0.4, -0.2) is 41.1 Å². The van der Waals surface area contributed by atoms with Gasteiger partial charge in [0, 0.05) is 23.5 Å². The lowest BCUT2D eigenvalue weighted by Crippen LogP contribution is -2.59. The Labute approximate surface area is 140 Å². The molecule has 2 aliphatic heterocycles. The molecule has 0 spiro atoms. The van der Waals surface area contributed by atoms with Gasteiger partial charge in [0.2, 0.25) is 5.91 Å². The molecule has 124 valence electrons. The van der Waals surface area contributed by atoms with E-state index in [0.717, 1.165) is 17.7 Å².